The summed E-state index contributed by atoms with van der Waals surface area (Å²) in [6.07, 6.45) is 7.73. The van der Waals surface area contributed by atoms with E-state index in [2.05, 4.69) is 32.7 Å². The average molecular weight is 310 g/mol. The number of pyridine rings is 1. The Morgan fingerprint density at radius 1 is 1.05 bits per heavy atom. The Hall–Kier alpha value is -2.13. The van der Waals surface area contributed by atoms with Gasteiger partial charge in [0.1, 0.15) is 5.82 Å². The molecule has 2 aromatic heterocycles. The fraction of sp³-hybridized carbons (Fsp3) is 0.222. The molecule has 0 saturated carbocycles. The number of aryl methyl sites for hydroxylation is 4. The Kier molecular flexibility index (Phi) is 3.05. The SMILES string of the molecule is Cc1cncc(-c2cc3c(cc2Cl)-n2c(cnc2C)CC3)c1. The van der Waals surface area contributed by atoms with Gasteiger partial charge in [-0.15, -0.1) is 0 Å². The smallest absolute Gasteiger partial charge is 0.110 e. The van der Waals surface area contributed by atoms with Crippen molar-refractivity contribution in [3.8, 4) is 16.8 Å². The molecule has 0 spiro atoms. The Bertz CT molecular complexity index is 880. The normalized spacial score (nSPS) is 12.9. The van der Waals surface area contributed by atoms with Crippen molar-refractivity contribution < 1.29 is 0 Å². The van der Waals surface area contributed by atoms with Crippen LogP contribution < -0.4 is 0 Å². The number of aromatic nitrogens is 3. The minimum atomic E-state index is 0.757. The van der Waals surface area contributed by atoms with E-state index < -0.39 is 0 Å². The second-order valence-electron chi connectivity index (χ2n) is 5.84. The van der Waals surface area contributed by atoms with Crippen LogP contribution in [0.5, 0.6) is 0 Å². The maximum absolute atomic E-state index is 6.57. The maximum atomic E-state index is 6.57. The molecule has 0 saturated heterocycles. The molecule has 0 fully saturated rings. The van der Waals surface area contributed by atoms with E-state index in [-0.39, 0.29) is 0 Å². The number of fused-ring (bicyclic) bond motifs is 3. The molecule has 0 amide bonds. The van der Waals surface area contributed by atoms with Gasteiger partial charge in [0.25, 0.3) is 0 Å². The van der Waals surface area contributed by atoms with Gasteiger partial charge in [-0.3, -0.25) is 4.98 Å². The van der Waals surface area contributed by atoms with Gasteiger partial charge >= 0.3 is 0 Å². The Morgan fingerprint density at radius 2 is 1.91 bits per heavy atom. The molecule has 0 aliphatic carbocycles. The third-order valence-corrected chi connectivity index (χ3v) is 4.57. The Balaban J connectivity index is 1.91. The number of nitrogens with zero attached hydrogens (tertiary/aromatic N) is 3. The molecule has 3 aromatic rings. The highest BCUT2D eigenvalue weighted by Crippen LogP contribution is 2.35. The highest BCUT2D eigenvalue weighted by atomic mass is 35.5. The summed E-state index contributed by atoms with van der Waals surface area (Å²) in [5.41, 5.74) is 6.99. The predicted octanol–water partition coefficient (Wildman–Crippen LogP) is 4.30. The lowest BCUT2D eigenvalue weighted by molar-refractivity contribution is 0.790. The van der Waals surface area contributed by atoms with Gasteiger partial charge in [-0.2, -0.15) is 0 Å². The molecule has 0 N–H and O–H groups in total. The molecular formula is C18H16ClN3. The van der Waals surface area contributed by atoms with E-state index in [1.54, 1.807) is 0 Å². The number of rotatable bonds is 1. The summed E-state index contributed by atoms with van der Waals surface area (Å²) in [7, 11) is 0. The highest BCUT2D eigenvalue weighted by Gasteiger charge is 2.20. The van der Waals surface area contributed by atoms with Gasteiger partial charge in [-0.1, -0.05) is 11.6 Å². The van der Waals surface area contributed by atoms with Crippen LogP contribution >= 0.6 is 11.6 Å². The van der Waals surface area contributed by atoms with Crippen LogP contribution in [0.15, 0.2) is 36.8 Å². The van der Waals surface area contributed by atoms with Crippen LogP contribution in [0, 0.1) is 13.8 Å². The van der Waals surface area contributed by atoms with E-state index >= 15 is 0 Å². The van der Waals surface area contributed by atoms with Crippen molar-refractivity contribution >= 4 is 11.6 Å². The van der Waals surface area contributed by atoms with Crippen molar-refractivity contribution in [1.29, 1.82) is 0 Å². The van der Waals surface area contributed by atoms with E-state index in [0.29, 0.717) is 0 Å². The summed E-state index contributed by atoms with van der Waals surface area (Å²) in [5, 5.41) is 0.757. The van der Waals surface area contributed by atoms with Crippen LogP contribution in [0.1, 0.15) is 22.6 Å². The molecule has 0 radical (unpaired) electrons. The fourth-order valence-corrected chi connectivity index (χ4v) is 3.47. The topological polar surface area (TPSA) is 30.7 Å². The van der Waals surface area contributed by atoms with Crippen molar-refractivity contribution in [2.75, 3.05) is 0 Å². The molecule has 0 unspecified atom stereocenters. The van der Waals surface area contributed by atoms with Crippen molar-refractivity contribution in [2.24, 2.45) is 0 Å². The zero-order chi connectivity index (χ0) is 15.3. The molecule has 1 aliphatic rings. The number of benzene rings is 1. The molecule has 0 atom stereocenters. The number of imidazole rings is 1. The van der Waals surface area contributed by atoms with Crippen LogP contribution in [0.2, 0.25) is 5.02 Å². The molecule has 4 rings (SSSR count). The summed E-state index contributed by atoms with van der Waals surface area (Å²) in [6.45, 7) is 4.08. The predicted molar refractivity (Wildman–Crippen MR) is 88.7 cm³/mol. The standard InChI is InChI=1S/C18H16ClN3/c1-11-5-14(9-20-8-11)16-6-13-3-4-15-10-21-12(2)22(15)18(13)7-17(16)19/h5-10H,3-4H2,1-2H3. The van der Waals surface area contributed by atoms with Gasteiger partial charge in [-0.25, -0.2) is 4.98 Å². The molecule has 110 valence electrons. The molecule has 3 heterocycles. The van der Waals surface area contributed by atoms with Gasteiger partial charge in [0, 0.05) is 35.4 Å². The molecule has 0 bridgehead atoms. The van der Waals surface area contributed by atoms with Gasteiger partial charge in [-0.05, 0) is 56.0 Å². The maximum Gasteiger partial charge on any atom is 0.110 e. The number of hydrogen-bond donors (Lipinski definition) is 0. The summed E-state index contributed by atoms with van der Waals surface area (Å²) in [4.78, 5) is 8.71. The van der Waals surface area contributed by atoms with E-state index in [9.17, 15) is 0 Å². The molecular weight excluding hydrogens is 294 g/mol. The first-order valence-corrected chi connectivity index (χ1v) is 7.79. The van der Waals surface area contributed by atoms with Crippen molar-refractivity contribution in [3.05, 3.63) is 64.5 Å². The number of hydrogen-bond acceptors (Lipinski definition) is 2. The van der Waals surface area contributed by atoms with E-state index in [0.717, 1.165) is 46.1 Å². The Morgan fingerprint density at radius 3 is 2.73 bits per heavy atom. The van der Waals surface area contributed by atoms with Gasteiger partial charge < -0.3 is 4.57 Å². The Labute approximate surface area is 134 Å². The average Bonchev–Trinajstić information content (AvgIpc) is 2.88. The third-order valence-electron chi connectivity index (χ3n) is 4.26. The number of halogens is 1. The van der Waals surface area contributed by atoms with Crippen molar-refractivity contribution in [2.45, 2.75) is 26.7 Å². The second kappa shape index (κ2) is 4.96. The second-order valence-corrected chi connectivity index (χ2v) is 6.25. The van der Waals surface area contributed by atoms with Crippen molar-refractivity contribution in [1.82, 2.24) is 14.5 Å². The summed E-state index contributed by atoms with van der Waals surface area (Å²) < 4.78 is 2.21. The minimum Gasteiger partial charge on any atom is -0.301 e. The fourth-order valence-electron chi connectivity index (χ4n) is 3.20. The van der Waals surface area contributed by atoms with E-state index in [1.165, 1.54) is 11.3 Å². The minimum absolute atomic E-state index is 0.757. The van der Waals surface area contributed by atoms with E-state index in [4.69, 9.17) is 11.6 Å². The van der Waals surface area contributed by atoms with Crippen LogP contribution in [0.3, 0.4) is 0 Å². The van der Waals surface area contributed by atoms with Crippen LogP contribution in [-0.2, 0) is 12.8 Å². The lowest BCUT2D eigenvalue weighted by Crippen LogP contribution is -2.13. The zero-order valence-electron chi connectivity index (χ0n) is 12.6. The lowest BCUT2D eigenvalue weighted by atomic mass is 9.96. The van der Waals surface area contributed by atoms with Crippen molar-refractivity contribution in [3.63, 3.8) is 0 Å². The summed E-state index contributed by atoms with van der Waals surface area (Å²) in [5.74, 6) is 1.01. The van der Waals surface area contributed by atoms with Gasteiger partial charge in [0.15, 0.2) is 0 Å². The molecule has 1 aliphatic heterocycles. The van der Waals surface area contributed by atoms with Crippen LogP contribution in [0.4, 0.5) is 0 Å². The van der Waals surface area contributed by atoms with Gasteiger partial charge in [0.2, 0.25) is 0 Å². The first-order valence-electron chi connectivity index (χ1n) is 7.41. The van der Waals surface area contributed by atoms with Gasteiger partial charge in [0.05, 0.1) is 10.7 Å². The molecule has 4 heteroatoms. The summed E-state index contributed by atoms with van der Waals surface area (Å²) in [6, 6.07) is 6.39. The lowest BCUT2D eigenvalue weighted by Gasteiger charge is -2.22. The summed E-state index contributed by atoms with van der Waals surface area (Å²) >= 11 is 6.57. The molecule has 22 heavy (non-hydrogen) atoms. The highest BCUT2D eigenvalue weighted by molar-refractivity contribution is 6.33. The monoisotopic (exact) mass is 309 g/mol. The largest absolute Gasteiger partial charge is 0.301 e. The van der Waals surface area contributed by atoms with Crippen LogP contribution in [0.25, 0.3) is 16.8 Å². The van der Waals surface area contributed by atoms with Crippen LogP contribution in [-0.4, -0.2) is 14.5 Å². The van der Waals surface area contributed by atoms with E-state index in [1.807, 2.05) is 32.4 Å². The quantitative estimate of drug-likeness (QED) is 0.671. The first-order chi connectivity index (χ1) is 10.6. The zero-order valence-corrected chi connectivity index (χ0v) is 13.4. The molecule has 3 nitrogen and oxygen atoms in total. The molecule has 1 aromatic carbocycles. The third kappa shape index (κ3) is 2.04. The first kappa shape index (κ1) is 13.5.